The molecule has 0 bridgehead atoms. The molecule has 0 aromatic heterocycles. The number of benzene rings is 1. The van der Waals surface area contributed by atoms with Gasteiger partial charge in [0.1, 0.15) is 11.5 Å². The third kappa shape index (κ3) is 2.74. The van der Waals surface area contributed by atoms with Crippen molar-refractivity contribution in [2.24, 2.45) is 0 Å². The molecule has 1 unspecified atom stereocenters. The Labute approximate surface area is 105 Å². The molecule has 0 aliphatic carbocycles. The van der Waals surface area contributed by atoms with Crippen LogP contribution in [0.5, 0.6) is 11.5 Å². The van der Waals surface area contributed by atoms with Gasteiger partial charge < -0.3 is 9.47 Å². The summed E-state index contributed by atoms with van der Waals surface area (Å²) in [6, 6.07) is 6.01. The maximum absolute atomic E-state index is 5.50. The maximum Gasteiger partial charge on any atom is 0.126 e. The zero-order valence-corrected chi connectivity index (χ0v) is 11.7. The van der Waals surface area contributed by atoms with E-state index in [2.05, 4.69) is 20.8 Å². The molecule has 0 spiro atoms. The van der Waals surface area contributed by atoms with Crippen LogP contribution in [0.1, 0.15) is 45.6 Å². The Morgan fingerprint density at radius 2 is 1.59 bits per heavy atom. The molecule has 0 aliphatic rings. The summed E-state index contributed by atoms with van der Waals surface area (Å²) >= 11 is 0. The van der Waals surface area contributed by atoms with Crippen LogP contribution in [-0.4, -0.2) is 14.2 Å². The Balaban J connectivity index is 3.33. The number of hydrogen-bond acceptors (Lipinski definition) is 2. The van der Waals surface area contributed by atoms with E-state index in [9.17, 15) is 0 Å². The van der Waals surface area contributed by atoms with Crippen molar-refractivity contribution < 1.29 is 9.47 Å². The van der Waals surface area contributed by atoms with Gasteiger partial charge in [0.05, 0.1) is 14.2 Å². The first-order valence-electron chi connectivity index (χ1n) is 6.34. The third-order valence-electron chi connectivity index (χ3n) is 3.61. The van der Waals surface area contributed by atoms with Gasteiger partial charge in [0, 0.05) is 5.56 Å². The van der Waals surface area contributed by atoms with Crippen LogP contribution in [0.25, 0.3) is 0 Å². The molecule has 0 N–H and O–H groups in total. The summed E-state index contributed by atoms with van der Waals surface area (Å²) in [5, 5.41) is 0. The standard InChI is InChI=1S/C15H24O2/c1-6-11-15(3,7-2)14-12(16-4)9-8-10-13(14)17-5/h8-10H,6-7,11H2,1-5H3. The van der Waals surface area contributed by atoms with Crippen LogP contribution < -0.4 is 9.47 Å². The molecule has 1 atom stereocenters. The fourth-order valence-electron chi connectivity index (χ4n) is 2.48. The van der Waals surface area contributed by atoms with Crippen molar-refractivity contribution in [1.29, 1.82) is 0 Å². The molecular formula is C15H24O2. The lowest BCUT2D eigenvalue weighted by molar-refractivity contribution is 0.336. The molecule has 1 aromatic carbocycles. The summed E-state index contributed by atoms with van der Waals surface area (Å²) in [7, 11) is 3.45. The Kier molecular flexibility index (Phi) is 4.86. The molecular weight excluding hydrogens is 212 g/mol. The average molecular weight is 236 g/mol. The van der Waals surface area contributed by atoms with Crippen LogP contribution in [0.4, 0.5) is 0 Å². The minimum Gasteiger partial charge on any atom is -0.496 e. The summed E-state index contributed by atoms with van der Waals surface area (Å²) in [6.45, 7) is 6.73. The molecule has 0 saturated heterocycles. The molecule has 2 nitrogen and oxygen atoms in total. The fourth-order valence-corrected chi connectivity index (χ4v) is 2.48. The van der Waals surface area contributed by atoms with Crippen molar-refractivity contribution in [1.82, 2.24) is 0 Å². The van der Waals surface area contributed by atoms with Gasteiger partial charge in [-0.15, -0.1) is 0 Å². The van der Waals surface area contributed by atoms with E-state index in [1.807, 2.05) is 18.2 Å². The van der Waals surface area contributed by atoms with Gasteiger partial charge in [0.25, 0.3) is 0 Å². The lowest BCUT2D eigenvalue weighted by atomic mass is 9.75. The second-order valence-corrected chi connectivity index (χ2v) is 4.70. The molecule has 0 saturated carbocycles. The highest BCUT2D eigenvalue weighted by Gasteiger charge is 2.30. The van der Waals surface area contributed by atoms with Crippen LogP contribution >= 0.6 is 0 Å². The minimum atomic E-state index is 0.118. The number of ether oxygens (including phenoxy) is 2. The summed E-state index contributed by atoms with van der Waals surface area (Å²) in [4.78, 5) is 0. The molecule has 0 fully saturated rings. The van der Waals surface area contributed by atoms with Crippen LogP contribution in [0.2, 0.25) is 0 Å². The lowest BCUT2D eigenvalue weighted by Crippen LogP contribution is -2.22. The number of methoxy groups -OCH3 is 2. The first-order valence-corrected chi connectivity index (χ1v) is 6.34. The second-order valence-electron chi connectivity index (χ2n) is 4.70. The summed E-state index contributed by atoms with van der Waals surface area (Å²) in [6.07, 6.45) is 3.38. The van der Waals surface area contributed by atoms with Crippen molar-refractivity contribution >= 4 is 0 Å². The molecule has 0 heterocycles. The molecule has 0 aliphatic heterocycles. The van der Waals surface area contributed by atoms with Gasteiger partial charge in [-0.3, -0.25) is 0 Å². The molecule has 17 heavy (non-hydrogen) atoms. The van der Waals surface area contributed by atoms with E-state index in [1.54, 1.807) is 14.2 Å². The Bertz CT molecular complexity index is 338. The first kappa shape index (κ1) is 13.9. The van der Waals surface area contributed by atoms with Gasteiger partial charge in [0.15, 0.2) is 0 Å². The SMILES string of the molecule is CCCC(C)(CC)c1c(OC)cccc1OC. The highest BCUT2D eigenvalue weighted by molar-refractivity contribution is 5.49. The van der Waals surface area contributed by atoms with E-state index in [1.165, 1.54) is 5.56 Å². The van der Waals surface area contributed by atoms with E-state index < -0.39 is 0 Å². The molecule has 96 valence electrons. The predicted molar refractivity (Wildman–Crippen MR) is 72.1 cm³/mol. The first-order chi connectivity index (χ1) is 8.12. The van der Waals surface area contributed by atoms with Crippen LogP contribution in [0.15, 0.2) is 18.2 Å². The van der Waals surface area contributed by atoms with Crippen LogP contribution in [-0.2, 0) is 5.41 Å². The van der Waals surface area contributed by atoms with E-state index in [-0.39, 0.29) is 5.41 Å². The zero-order chi connectivity index (χ0) is 12.9. The van der Waals surface area contributed by atoms with E-state index >= 15 is 0 Å². The third-order valence-corrected chi connectivity index (χ3v) is 3.61. The Morgan fingerprint density at radius 3 is 1.94 bits per heavy atom. The Morgan fingerprint density at radius 1 is 1.06 bits per heavy atom. The number of hydrogen-bond donors (Lipinski definition) is 0. The second kappa shape index (κ2) is 5.95. The fraction of sp³-hybridized carbons (Fsp3) is 0.600. The minimum absolute atomic E-state index is 0.118. The van der Waals surface area contributed by atoms with Gasteiger partial charge in [-0.2, -0.15) is 0 Å². The quantitative estimate of drug-likeness (QED) is 0.738. The monoisotopic (exact) mass is 236 g/mol. The van der Waals surface area contributed by atoms with E-state index in [4.69, 9.17) is 9.47 Å². The van der Waals surface area contributed by atoms with Crippen LogP contribution in [0, 0.1) is 0 Å². The summed E-state index contributed by atoms with van der Waals surface area (Å²) in [5.74, 6) is 1.87. The van der Waals surface area contributed by atoms with Crippen molar-refractivity contribution in [3.8, 4) is 11.5 Å². The van der Waals surface area contributed by atoms with Gasteiger partial charge in [-0.1, -0.05) is 33.3 Å². The maximum atomic E-state index is 5.50. The molecule has 1 rings (SSSR count). The van der Waals surface area contributed by atoms with Gasteiger partial charge in [0.2, 0.25) is 0 Å². The molecule has 0 amide bonds. The predicted octanol–water partition coefficient (Wildman–Crippen LogP) is 4.17. The summed E-state index contributed by atoms with van der Waals surface area (Å²) in [5.41, 5.74) is 1.32. The average Bonchev–Trinajstić information content (AvgIpc) is 2.37. The highest BCUT2D eigenvalue weighted by atomic mass is 16.5. The topological polar surface area (TPSA) is 18.5 Å². The zero-order valence-electron chi connectivity index (χ0n) is 11.7. The molecule has 2 heteroatoms. The van der Waals surface area contributed by atoms with Crippen molar-refractivity contribution in [3.05, 3.63) is 23.8 Å². The van der Waals surface area contributed by atoms with Gasteiger partial charge in [-0.25, -0.2) is 0 Å². The summed E-state index contributed by atoms with van der Waals surface area (Å²) < 4.78 is 11.0. The van der Waals surface area contributed by atoms with Crippen molar-refractivity contribution in [2.75, 3.05) is 14.2 Å². The van der Waals surface area contributed by atoms with Crippen molar-refractivity contribution in [2.45, 2.75) is 45.4 Å². The largest absolute Gasteiger partial charge is 0.496 e. The van der Waals surface area contributed by atoms with E-state index in [0.29, 0.717) is 0 Å². The molecule has 1 aromatic rings. The Hall–Kier alpha value is -1.18. The van der Waals surface area contributed by atoms with Crippen LogP contribution in [0.3, 0.4) is 0 Å². The smallest absolute Gasteiger partial charge is 0.126 e. The van der Waals surface area contributed by atoms with E-state index in [0.717, 1.165) is 30.8 Å². The van der Waals surface area contributed by atoms with Gasteiger partial charge in [-0.05, 0) is 30.4 Å². The lowest BCUT2D eigenvalue weighted by Gasteiger charge is -2.31. The normalized spacial score (nSPS) is 14.2. The van der Waals surface area contributed by atoms with Crippen molar-refractivity contribution in [3.63, 3.8) is 0 Å². The highest BCUT2D eigenvalue weighted by Crippen LogP contribution is 2.43. The molecule has 0 radical (unpaired) electrons. The number of rotatable bonds is 6. The van der Waals surface area contributed by atoms with Gasteiger partial charge >= 0.3 is 0 Å².